The van der Waals surface area contributed by atoms with Crippen LogP contribution < -0.4 is 0 Å². The van der Waals surface area contributed by atoms with E-state index < -0.39 is 5.97 Å². The van der Waals surface area contributed by atoms with Crippen molar-refractivity contribution < 1.29 is 19.4 Å². The lowest BCUT2D eigenvalue weighted by atomic mass is 9.43. The SMILES string of the molecule is C=C(CC[C@@H](C(=O)O)[C@H]1CC[C@@]2(C)C3=C(CC[C@]12C)[C@@]1(C)CC[C@H](OC(C)=O)C(C)(C)[C@@H]1CC3)C(C)C. The van der Waals surface area contributed by atoms with Gasteiger partial charge in [0.25, 0.3) is 0 Å². The second-order valence-corrected chi connectivity index (χ2v) is 14.6. The van der Waals surface area contributed by atoms with Gasteiger partial charge in [-0.05, 0) is 98.2 Å². The molecule has 0 heterocycles. The van der Waals surface area contributed by atoms with Crippen molar-refractivity contribution in [3.05, 3.63) is 23.3 Å². The van der Waals surface area contributed by atoms with Crippen molar-refractivity contribution in [2.75, 3.05) is 0 Å². The molecule has 0 saturated heterocycles. The number of rotatable bonds is 7. The van der Waals surface area contributed by atoms with Gasteiger partial charge in [0, 0.05) is 12.3 Å². The average Bonchev–Trinajstić information content (AvgIpc) is 3.07. The van der Waals surface area contributed by atoms with Gasteiger partial charge in [-0.25, -0.2) is 0 Å². The topological polar surface area (TPSA) is 63.6 Å². The van der Waals surface area contributed by atoms with E-state index in [4.69, 9.17) is 4.74 Å². The van der Waals surface area contributed by atoms with Gasteiger partial charge in [0.15, 0.2) is 0 Å². The zero-order valence-electron chi connectivity index (χ0n) is 24.8. The van der Waals surface area contributed by atoms with Gasteiger partial charge in [0.05, 0.1) is 5.92 Å². The molecule has 1 N–H and O–H groups in total. The summed E-state index contributed by atoms with van der Waals surface area (Å²) in [5, 5.41) is 10.4. The molecule has 4 aliphatic rings. The quantitative estimate of drug-likeness (QED) is 0.275. The van der Waals surface area contributed by atoms with Crippen molar-refractivity contribution in [2.45, 2.75) is 126 Å². The summed E-state index contributed by atoms with van der Waals surface area (Å²) in [5.74, 6) is 0.0294. The van der Waals surface area contributed by atoms with Crippen LogP contribution in [0.3, 0.4) is 0 Å². The second kappa shape index (κ2) is 9.56. The molecule has 0 aromatic rings. The van der Waals surface area contributed by atoms with Crippen LogP contribution in [0.2, 0.25) is 0 Å². The minimum atomic E-state index is -0.618. The van der Waals surface area contributed by atoms with Crippen LogP contribution in [-0.2, 0) is 14.3 Å². The normalized spacial score (nSPS) is 39.4. The highest BCUT2D eigenvalue weighted by Crippen LogP contribution is 2.72. The first kappa shape index (κ1) is 28.4. The Labute approximate surface area is 225 Å². The summed E-state index contributed by atoms with van der Waals surface area (Å²) in [5.41, 5.74) is 4.69. The van der Waals surface area contributed by atoms with Crippen LogP contribution in [0.25, 0.3) is 0 Å². The fraction of sp³-hybridized carbons (Fsp3) is 0.818. The van der Waals surface area contributed by atoms with E-state index in [9.17, 15) is 14.7 Å². The third-order valence-electron chi connectivity index (χ3n) is 12.5. The van der Waals surface area contributed by atoms with Crippen molar-refractivity contribution in [1.29, 1.82) is 0 Å². The number of esters is 1. The van der Waals surface area contributed by atoms with Gasteiger partial charge in [-0.15, -0.1) is 0 Å². The summed E-state index contributed by atoms with van der Waals surface area (Å²) < 4.78 is 5.84. The molecule has 0 aromatic carbocycles. The van der Waals surface area contributed by atoms with Crippen molar-refractivity contribution in [1.82, 2.24) is 0 Å². The molecule has 4 nitrogen and oxygen atoms in total. The number of hydrogen-bond acceptors (Lipinski definition) is 3. The number of carboxylic acid groups (broad SMARTS) is 1. The fourth-order valence-corrected chi connectivity index (χ4v) is 9.89. The summed E-state index contributed by atoms with van der Waals surface area (Å²) in [6.45, 7) is 22.1. The molecule has 4 rings (SSSR count). The van der Waals surface area contributed by atoms with Crippen LogP contribution in [0.4, 0.5) is 0 Å². The zero-order valence-corrected chi connectivity index (χ0v) is 24.8. The van der Waals surface area contributed by atoms with Crippen molar-refractivity contribution in [3.8, 4) is 0 Å². The molecule has 7 atom stereocenters. The number of hydrogen-bond donors (Lipinski definition) is 1. The van der Waals surface area contributed by atoms with Crippen LogP contribution >= 0.6 is 0 Å². The lowest BCUT2D eigenvalue weighted by Gasteiger charge is -2.62. The number of carbonyl (C=O) groups excluding carboxylic acids is 1. The number of ether oxygens (including phenoxy) is 1. The number of carboxylic acids is 1. The minimum absolute atomic E-state index is 0.0116. The van der Waals surface area contributed by atoms with E-state index in [0.29, 0.717) is 18.3 Å². The number of fused-ring (bicyclic) bond motifs is 4. The molecule has 4 heteroatoms. The number of aliphatic carboxylic acids is 1. The molecular formula is C33H52O4. The van der Waals surface area contributed by atoms with Crippen LogP contribution in [-0.4, -0.2) is 23.1 Å². The van der Waals surface area contributed by atoms with Crippen LogP contribution in [0, 0.1) is 45.3 Å². The predicted octanol–water partition coefficient (Wildman–Crippen LogP) is 8.36. The van der Waals surface area contributed by atoms with E-state index >= 15 is 0 Å². The first-order valence-corrected chi connectivity index (χ1v) is 14.9. The third-order valence-corrected chi connectivity index (χ3v) is 12.5. The molecule has 208 valence electrons. The highest BCUT2D eigenvalue weighted by Gasteiger charge is 2.64. The molecule has 0 aromatic heterocycles. The first-order valence-electron chi connectivity index (χ1n) is 14.9. The lowest BCUT2D eigenvalue weighted by molar-refractivity contribution is -0.167. The summed E-state index contributed by atoms with van der Waals surface area (Å²) in [6.07, 6.45) is 10.0. The molecule has 0 aliphatic heterocycles. The highest BCUT2D eigenvalue weighted by molar-refractivity contribution is 5.71. The molecule has 2 saturated carbocycles. The van der Waals surface area contributed by atoms with Crippen molar-refractivity contribution >= 4 is 11.9 Å². The van der Waals surface area contributed by atoms with Gasteiger partial charge in [-0.2, -0.15) is 0 Å². The number of allylic oxidation sites excluding steroid dienone is 3. The molecular weight excluding hydrogens is 460 g/mol. The zero-order chi connectivity index (χ0) is 27.6. The van der Waals surface area contributed by atoms with E-state index in [-0.39, 0.29) is 45.6 Å². The Morgan fingerprint density at radius 1 is 1.00 bits per heavy atom. The van der Waals surface area contributed by atoms with Gasteiger partial charge in [0.2, 0.25) is 0 Å². The molecule has 0 radical (unpaired) electrons. The monoisotopic (exact) mass is 512 g/mol. The Kier molecular flexibility index (Phi) is 7.34. The van der Waals surface area contributed by atoms with E-state index in [2.05, 4.69) is 55.0 Å². The Balaban J connectivity index is 1.65. The highest BCUT2D eigenvalue weighted by atomic mass is 16.5. The van der Waals surface area contributed by atoms with Crippen LogP contribution in [0.15, 0.2) is 23.3 Å². The molecule has 0 spiro atoms. The standard InChI is InChI=1S/C33H52O4/c1-20(2)21(3)10-11-23(29(35)36)24-14-18-33(9)26-12-13-27-30(5,6)28(37-22(4)34)16-17-31(27,7)25(26)15-19-32(24,33)8/h20,23-24,27-28H,3,10-19H2,1-2,4-9H3,(H,35,36)/t23-,24-,27+,28+,31-,32-,33+/m1/s1. The smallest absolute Gasteiger partial charge is 0.306 e. The Bertz CT molecular complexity index is 988. The van der Waals surface area contributed by atoms with Crippen LogP contribution in [0.5, 0.6) is 0 Å². The summed E-state index contributed by atoms with van der Waals surface area (Å²) in [6, 6.07) is 0. The second-order valence-electron chi connectivity index (χ2n) is 14.6. The van der Waals surface area contributed by atoms with Gasteiger partial charge in [-0.1, -0.05) is 71.8 Å². The minimum Gasteiger partial charge on any atom is -0.481 e. The Hall–Kier alpha value is -1.58. The average molecular weight is 513 g/mol. The fourth-order valence-electron chi connectivity index (χ4n) is 9.89. The maximum Gasteiger partial charge on any atom is 0.306 e. The Morgan fingerprint density at radius 2 is 1.68 bits per heavy atom. The van der Waals surface area contributed by atoms with E-state index in [0.717, 1.165) is 57.8 Å². The third kappa shape index (κ3) is 4.33. The molecule has 0 bridgehead atoms. The largest absolute Gasteiger partial charge is 0.481 e. The van der Waals surface area contributed by atoms with E-state index in [1.54, 1.807) is 11.1 Å². The molecule has 2 fully saturated rings. The van der Waals surface area contributed by atoms with Crippen LogP contribution in [0.1, 0.15) is 120 Å². The molecule has 0 unspecified atom stereocenters. The molecule has 4 aliphatic carbocycles. The van der Waals surface area contributed by atoms with Gasteiger partial charge < -0.3 is 9.84 Å². The lowest BCUT2D eigenvalue weighted by Crippen LogP contribution is -2.56. The van der Waals surface area contributed by atoms with Crippen molar-refractivity contribution in [3.63, 3.8) is 0 Å². The maximum absolute atomic E-state index is 12.6. The van der Waals surface area contributed by atoms with Gasteiger partial charge >= 0.3 is 11.9 Å². The van der Waals surface area contributed by atoms with Gasteiger partial charge in [-0.3, -0.25) is 9.59 Å². The van der Waals surface area contributed by atoms with Gasteiger partial charge in [0.1, 0.15) is 6.10 Å². The Morgan fingerprint density at radius 3 is 2.27 bits per heavy atom. The first-order chi connectivity index (χ1) is 17.1. The summed E-state index contributed by atoms with van der Waals surface area (Å²) in [7, 11) is 0. The number of carbonyl (C=O) groups is 2. The summed E-state index contributed by atoms with van der Waals surface area (Å²) in [4.78, 5) is 24.5. The maximum atomic E-state index is 12.6. The summed E-state index contributed by atoms with van der Waals surface area (Å²) >= 11 is 0. The molecule has 0 amide bonds. The van der Waals surface area contributed by atoms with E-state index in [1.165, 1.54) is 12.5 Å². The van der Waals surface area contributed by atoms with E-state index in [1.807, 2.05) is 0 Å². The molecule has 37 heavy (non-hydrogen) atoms. The van der Waals surface area contributed by atoms with Crippen molar-refractivity contribution in [2.24, 2.45) is 45.3 Å². The predicted molar refractivity (Wildman–Crippen MR) is 149 cm³/mol.